The minimum Gasteiger partial charge on any atom is -0.506 e. The number of ether oxygens (including phenoxy) is 1. The Labute approximate surface area is 116 Å². The summed E-state index contributed by atoms with van der Waals surface area (Å²) in [7, 11) is 0. The molecule has 0 spiro atoms. The molecule has 0 fully saturated rings. The number of hydrogen-bond donors (Lipinski definition) is 1. The molecular weight excluding hydrogens is 256 g/mol. The highest BCUT2D eigenvalue weighted by Crippen LogP contribution is 2.38. The lowest BCUT2D eigenvalue weighted by atomic mass is 9.96. The van der Waals surface area contributed by atoms with Crippen molar-refractivity contribution >= 4 is 18.1 Å². The van der Waals surface area contributed by atoms with Crippen LogP contribution in [-0.2, 0) is 0 Å². The van der Waals surface area contributed by atoms with Gasteiger partial charge in [-0.15, -0.1) is 0 Å². The lowest BCUT2D eigenvalue weighted by Gasteiger charge is -2.20. The van der Waals surface area contributed by atoms with E-state index in [4.69, 9.17) is 4.74 Å². The summed E-state index contributed by atoms with van der Waals surface area (Å²) in [6.45, 7) is 3.82. The maximum atomic E-state index is 11.9. The zero-order chi connectivity index (χ0) is 14.5. The van der Waals surface area contributed by atoms with Gasteiger partial charge in [-0.2, -0.15) is 0 Å². The Morgan fingerprint density at radius 1 is 1.30 bits per heavy atom. The number of hydrogen-bond acceptors (Lipinski definition) is 4. The molecule has 4 nitrogen and oxygen atoms in total. The smallest absolute Gasteiger partial charge is 0.170 e. The number of carbonyl (C=O) groups is 2. The Hall–Kier alpha value is -2.62. The number of aldehydes is 1. The van der Waals surface area contributed by atoms with Crippen LogP contribution >= 0.6 is 0 Å². The van der Waals surface area contributed by atoms with Crippen LogP contribution in [0.5, 0.6) is 11.5 Å². The highest BCUT2D eigenvalue weighted by Gasteiger charge is 2.24. The van der Waals surface area contributed by atoms with E-state index in [0.29, 0.717) is 23.2 Å². The number of ketones is 1. The van der Waals surface area contributed by atoms with Gasteiger partial charge < -0.3 is 9.84 Å². The van der Waals surface area contributed by atoms with Crippen molar-refractivity contribution in [1.82, 2.24) is 0 Å². The number of carbonyl (C=O) groups excluding carboxylic acids is 2. The fourth-order valence-electron chi connectivity index (χ4n) is 1.98. The van der Waals surface area contributed by atoms with Crippen molar-refractivity contribution in [3.8, 4) is 11.5 Å². The zero-order valence-electron chi connectivity index (χ0n) is 10.8. The molecule has 1 N–H and O–H groups in total. The summed E-state index contributed by atoms with van der Waals surface area (Å²) in [6.07, 6.45) is 9.12. The van der Waals surface area contributed by atoms with Gasteiger partial charge in [0.05, 0.1) is 23.3 Å². The predicted octanol–water partition coefficient (Wildman–Crippen LogP) is 2.93. The topological polar surface area (TPSA) is 63.6 Å². The van der Waals surface area contributed by atoms with Gasteiger partial charge in [-0.3, -0.25) is 9.59 Å². The van der Waals surface area contributed by atoms with E-state index in [1.54, 1.807) is 30.4 Å². The third-order valence-electron chi connectivity index (χ3n) is 2.94. The molecule has 1 aliphatic heterocycles. The molecule has 1 heterocycles. The monoisotopic (exact) mass is 270 g/mol. The molecule has 0 bridgehead atoms. The van der Waals surface area contributed by atoms with Crippen molar-refractivity contribution in [3.05, 3.63) is 53.6 Å². The number of aromatic hydroxyl groups is 1. The van der Waals surface area contributed by atoms with Crippen molar-refractivity contribution in [2.45, 2.75) is 6.42 Å². The summed E-state index contributed by atoms with van der Waals surface area (Å²) in [5, 5.41) is 10.1. The van der Waals surface area contributed by atoms with Gasteiger partial charge in [0.25, 0.3) is 0 Å². The molecule has 0 atom stereocenters. The van der Waals surface area contributed by atoms with Gasteiger partial charge in [0.15, 0.2) is 12.1 Å². The fourth-order valence-corrected chi connectivity index (χ4v) is 1.98. The van der Waals surface area contributed by atoms with Gasteiger partial charge in [-0.25, -0.2) is 0 Å². The van der Waals surface area contributed by atoms with Gasteiger partial charge in [-0.1, -0.05) is 30.9 Å². The first-order valence-electron chi connectivity index (χ1n) is 6.16. The first kappa shape index (κ1) is 13.8. The van der Waals surface area contributed by atoms with E-state index in [9.17, 15) is 14.7 Å². The molecule has 0 aromatic heterocycles. The van der Waals surface area contributed by atoms with E-state index in [1.165, 1.54) is 6.07 Å². The molecule has 2 rings (SSSR count). The third kappa shape index (κ3) is 2.54. The van der Waals surface area contributed by atoms with Crippen molar-refractivity contribution in [2.24, 2.45) is 0 Å². The van der Waals surface area contributed by atoms with Crippen LogP contribution in [0, 0.1) is 0 Å². The third-order valence-corrected chi connectivity index (χ3v) is 2.94. The minimum absolute atomic E-state index is 0.0787. The zero-order valence-corrected chi connectivity index (χ0v) is 10.8. The summed E-state index contributed by atoms with van der Waals surface area (Å²) in [5.74, 6) is 0.0509. The van der Waals surface area contributed by atoms with Gasteiger partial charge in [0.2, 0.25) is 0 Å². The average molecular weight is 270 g/mol. The molecule has 1 aromatic carbocycles. The van der Waals surface area contributed by atoms with Crippen LogP contribution < -0.4 is 4.74 Å². The molecule has 20 heavy (non-hydrogen) atoms. The predicted molar refractivity (Wildman–Crippen MR) is 76.3 cm³/mol. The van der Waals surface area contributed by atoms with Crippen molar-refractivity contribution < 1.29 is 19.4 Å². The van der Waals surface area contributed by atoms with Crippen LogP contribution in [0.15, 0.2) is 36.9 Å². The molecule has 0 aliphatic carbocycles. The molecular formula is C16H14O4. The Kier molecular flexibility index (Phi) is 4.15. The second-order valence-corrected chi connectivity index (χ2v) is 4.22. The van der Waals surface area contributed by atoms with Gasteiger partial charge in [0.1, 0.15) is 11.5 Å². The number of phenols is 1. The molecule has 0 radical (unpaired) electrons. The van der Waals surface area contributed by atoms with Crippen LogP contribution in [-0.4, -0.2) is 23.8 Å². The van der Waals surface area contributed by atoms with Crippen LogP contribution in [0.3, 0.4) is 0 Å². The first-order chi connectivity index (χ1) is 9.69. The lowest BCUT2D eigenvalue weighted by molar-refractivity contribution is 0.0933. The molecule has 102 valence electrons. The van der Waals surface area contributed by atoms with Crippen molar-refractivity contribution in [2.75, 3.05) is 6.61 Å². The molecule has 0 saturated heterocycles. The van der Waals surface area contributed by atoms with Crippen LogP contribution in [0.25, 0.3) is 6.08 Å². The highest BCUT2D eigenvalue weighted by molar-refractivity contribution is 6.03. The molecule has 1 aliphatic rings. The molecule has 0 saturated carbocycles. The summed E-state index contributed by atoms with van der Waals surface area (Å²) in [4.78, 5) is 22.8. The molecule has 1 aromatic rings. The number of allylic oxidation sites excluding steroid dienone is 4. The SMILES string of the molecule is C=CC=CC=Cc1c(O)c(C=O)cc2c1OCCC2=O. The van der Waals surface area contributed by atoms with E-state index < -0.39 is 0 Å². The average Bonchev–Trinajstić information content (AvgIpc) is 2.45. The van der Waals surface area contributed by atoms with Gasteiger partial charge >= 0.3 is 0 Å². The Morgan fingerprint density at radius 3 is 2.80 bits per heavy atom. The number of fused-ring (bicyclic) bond motifs is 1. The number of phenolic OH excluding ortho intramolecular Hbond substituents is 1. The summed E-state index contributed by atoms with van der Waals surface area (Å²) >= 11 is 0. The van der Waals surface area contributed by atoms with Crippen molar-refractivity contribution in [1.29, 1.82) is 0 Å². The van der Waals surface area contributed by atoms with Crippen molar-refractivity contribution in [3.63, 3.8) is 0 Å². The van der Waals surface area contributed by atoms with E-state index in [0.717, 1.165) is 0 Å². The molecule has 0 unspecified atom stereocenters. The summed E-state index contributed by atoms with van der Waals surface area (Å²) < 4.78 is 5.47. The maximum Gasteiger partial charge on any atom is 0.170 e. The second-order valence-electron chi connectivity index (χ2n) is 4.22. The van der Waals surface area contributed by atoms with E-state index >= 15 is 0 Å². The standard InChI is InChI=1S/C16H14O4/c1-2-3-4-5-6-12-15(19)11(10-17)9-13-14(18)7-8-20-16(12)13/h2-6,9-10,19H,1,7-8H2. The molecule has 0 amide bonds. The minimum atomic E-state index is -0.184. The first-order valence-corrected chi connectivity index (χ1v) is 6.16. The Morgan fingerprint density at radius 2 is 2.10 bits per heavy atom. The largest absolute Gasteiger partial charge is 0.506 e. The van der Waals surface area contributed by atoms with Gasteiger partial charge in [0, 0.05) is 6.42 Å². The summed E-state index contributed by atoms with van der Waals surface area (Å²) in [6, 6.07) is 1.37. The summed E-state index contributed by atoms with van der Waals surface area (Å²) in [5.41, 5.74) is 0.754. The second kappa shape index (κ2) is 6.02. The van der Waals surface area contributed by atoms with E-state index in [1.807, 2.05) is 0 Å². The maximum absolute atomic E-state index is 11.9. The number of rotatable bonds is 4. The van der Waals surface area contributed by atoms with Crippen LogP contribution in [0.2, 0.25) is 0 Å². The molecule has 4 heteroatoms. The van der Waals surface area contributed by atoms with E-state index in [-0.39, 0.29) is 30.1 Å². The number of benzene rings is 1. The Balaban J connectivity index is 2.58. The Bertz CT molecular complexity index is 624. The quantitative estimate of drug-likeness (QED) is 0.675. The highest BCUT2D eigenvalue weighted by atomic mass is 16.5. The number of Topliss-reactive ketones (excluding diaryl/α,β-unsaturated/α-hetero) is 1. The lowest BCUT2D eigenvalue weighted by Crippen LogP contribution is -2.16. The fraction of sp³-hybridized carbons (Fsp3) is 0.125. The van der Waals surface area contributed by atoms with Gasteiger partial charge in [-0.05, 0) is 12.1 Å². The van der Waals surface area contributed by atoms with Crippen LogP contribution in [0.4, 0.5) is 0 Å². The van der Waals surface area contributed by atoms with E-state index in [2.05, 4.69) is 6.58 Å². The normalized spacial score (nSPS) is 14.3. The van der Waals surface area contributed by atoms with Crippen LogP contribution in [0.1, 0.15) is 32.7 Å².